The van der Waals surface area contributed by atoms with E-state index in [1.165, 1.54) is 0 Å². The summed E-state index contributed by atoms with van der Waals surface area (Å²) in [6.07, 6.45) is 0.880. The lowest BCUT2D eigenvalue weighted by atomic mass is 9.80. The lowest BCUT2D eigenvalue weighted by Crippen LogP contribution is -2.46. The Morgan fingerprint density at radius 3 is 2.55 bits per heavy atom. The van der Waals surface area contributed by atoms with E-state index in [1.807, 2.05) is 13.8 Å². The van der Waals surface area contributed by atoms with E-state index in [0.29, 0.717) is 23.6 Å². The number of halogens is 2. The van der Waals surface area contributed by atoms with Crippen LogP contribution in [-0.2, 0) is 4.79 Å². The molecule has 110 valence electrons. The molecule has 4 N–H and O–H groups in total. The van der Waals surface area contributed by atoms with Crippen molar-refractivity contribution < 1.29 is 10.0 Å². The first kappa shape index (κ1) is 17.0. The summed E-state index contributed by atoms with van der Waals surface area (Å²) in [7, 11) is 0. The summed E-state index contributed by atoms with van der Waals surface area (Å²) < 4.78 is 0.823. The van der Waals surface area contributed by atoms with E-state index in [4.69, 9.17) is 22.5 Å². The first-order chi connectivity index (χ1) is 9.41. The molecule has 0 unspecified atom stereocenters. The zero-order valence-corrected chi connectivity index (χ0v) is 14.2. The Labute approximate surface area is 136 Å². The molecule has 1 aromatic rings. The maximum Gasteiger partial charge on any atom is 0.238 e. The monoisotopic (exact) mass is 409 g/mol. The smallest absolute Gasteiger partial charge is 0.238 e. The molecule has 0 fully saturated rings. The highest BCUT2D eigenvalue weighted by Gasteiger charge is 2.40. The molecule has 0 spiro atoms. The Morgan fingerprint density at radius 1 is 1.50 bits per heavy atom. The fourth-order valence-corrected chi connectivity index (χ4v) is 2.98. The van der Waals surface area contributed by atoms with Crippen LogP contribution in [0.1, 0.15) is 26.7 Å². The van der Waals surface area contributed by atoms with Crippen molar-refractivity contribution in [2.24, 2.45) is 16.3 Å². The number of nitrogens with zero attached hydrogens (tertiary/aromatic N) is 1. The van der Waals surface area contributed by atoms with Gasteiger partial charge in [-0.2, -0.15) is 0 Å². The van der Waals surface area contributed by atoms with Crippen molar-refractivity contribution in [3.8, 4) is 0 Å². The minimum Gasteiger partial charge on any atom is -0.409 e. The summed E-state index contributed by atoms with van der Waals surface area (Å²) in [6.45, 7) is 3.65. The van der Waals surface area contributed by atoms with Crippen LogP contribution < -0.4 is 11.1 Å². The molecule has 0 aliphatic carbocycles. The van der Waals surface area contributed by atoms with Gasteiger partial charge in [-0.15, -0.1) is 0 Å². The summed E-state index contributed by atoms with van der Waals surface area (Å²) in [6, 6.07) is 5.17. The molecule has 1 aromatic carbocycles. The molecule has 7 heteroatoms. The van der Waals surface area contributed by atoms with Gasteiger partial charge < -0.3 is 16.3 Å². The highest BCUT2D eigenvalue weighted by atomic mass is 127. The van der Waals surface area contributed by atoms with Gasteiger partial charge in [0.15, 0.2) is 5.84 Å². The van der Waals surface area contributed by atoms with E-state index in [9.17, 15) is 4.79 Å². The zero-order chi connectivity index (χ0) is 15.3. The van der Waals surface area contributed by atoms with Crippen LogP contribution in [0.15, 0.2) is 23.4 Å². The Bertz CT molecular complexity index is 530. The number of rotatable bonds is 5. The highest BCUT2D eigenvalue weighted by Crippen LogP contribution is 2.30. The lowest BCUT2D eigenvalue weighted by Gasteiger charge is -2.28. The number of anilines is 1. The quantitative estimate of drug-likeness (QED) is 0.229. The van der Waals surface area contributed by atoms with Gasteiger partial charge in [0, 0.05) is 8.59 Å². The third-order valence-corrected chi connectivity index (χ3v) is 4.55. The van der Waals surface area contributed by atoms with Crippen molar-refractivity contribution >= 4 is 51.6 Å². The Morgan fingerprint density at radius 2 is 2.10 bits per heavy atom. The molecule has 0 bridgehead atoms. The van der Waals surface area contributed by atoms with Crippen LogP contribution in [0.5, 0.6) is 0 Å². The molecule has 1 amide bonds. The van der Waals surface area contributed by atoms with Crippen LogP contribution in [0.4, 0.5) is 5.69 Å². The fourth-order valence-electron chi connectivity index (χ4n) is 1.98. The number of nitrogens with two attached hydrogens (primary N) is 1. The molecule has 0 aliphatic rings. The van der Waals surface area contributed by atoms with Gasteiger partial charge in [-0.05, 0) is 53.6 Å². The van der Waals surface area contributed by atoms with Crippen LogP contribution >= 0.6 is 34.2 Å². The second-order valence-corrected chi connectivity index (χ2v) is 5.95. The van der Waals surface area contributed by atoms with Gasteiger partial charge >= 0.3 is 0 Å². The lowest BCUT2D eigenvalue weighted by molar-refractivity contribution is -0.122. The molecule has 1 rings (SSSR count). The van der Waals surface area contributed by atoms with Crippen molar-refractivity contribution in [2.45, 2.75) is 26.7 Å². The summed E-state index contributed by atoms with van der Waals surface area (Å²) in [5.41, 5.74) is 5.34. The number of benzene rings is 1. The molecule has 0 aromatic heterocycles. The molecule has 0 saturated heterocycles. The summed E-state index contributed by atoms with van der Waals surface area (Å²) >= 11 is 7.97. The van der Waals surface area contributed by atoms with Gasteiger partial charge in [0.1, 0.15) is 5.41 Å². The van der Waals surface area contributed by atoms with Gasteiger partial charge in [0.25, 0.3) is 0 Å². The van der Waals surface area contributed by atoms with Gasteiger partial charge in [-0.25, -0.2) is 0 Å². The number of amides is 1. The standard InChI is InChI=1S/C13H17ClIN3O2/c1-3-13(4-2,11(16)18-20)12(19)17-10-6-5-8(14)7-9(10)15/h5-7,20H,3-4H2,1-2H3,(H2,16,18)(H,17,19). The van der Waals surface area contributed by atoms with E-state index in [2.05, 4.69) is 33.1 Å². The van der Waals surface area contributed by atoms with E-state index in [1.54, 1.807) is 18.2 Å². The van der Waals surface area contributed by atoms with Gasteiger partial charge in [0.05, 0.1) is 5.69 Å². The van der Waals surface area contributed by atoms with Crippen LogP contribution in [0, 0.1) is 8.99 Å². The second kappa shape index (κ2) is 7.12. The third kappa shape index (κ3) is 3.35. The first-order valence-electron chi connectivity index (χ1n) is 6.15. The summed E-state index contributed by atoms with van der Waals surface area (Å²) in [5, 5.41) is 15.3. The maximum atomic E-state index is 12.5. The van der Waals surface area contributed by atoms with Crippen LogP contribution in [-0.4, -0.2) is 17.0 Å². The maximum absolute atomic E-state index is 12.5. The van der Waals surface area contributed by atoms with Crippen molar-refractivity contribution in [2.75, 3.05) is 5.32 Å². The molecule has 0 aliphatic heterocycles. The average Bonchev–Trinajstić information content (AvgIpc) is 2.43. The second-order valence-electron chi connectivity index (χ2n) is 4.35. The van der Waals surface area contributed by atoms with Gasteiger partial charge in [-0.1, -0.05) is 30.6 Å². The third-order valence-electron chi connectivity index (χ3n) is 3.42. The molecule has 5 nitrogen and oxygen atoms in total. The van der Waals surface area contributed by atoms with E-state index >= 15 is 0 Å². The molecular weight excluding hydrogens is 393 g/mol. The molecule has 0 saturated carbocycles. The van der Waals surface area contributed by atoms with Crippen molar-refractivity contribution in [3.63, 3.8) is 0 Å². The largest absolute Gasteiger partial charge is 0.409 e. The highest BCUT2D eigenvalue weighted by molar-refractivity contribution is 14.1. The number of amidine groups is 1. The van der Waals surface area contributed by atoms with Crippen molar-refractivity contribution in [1.82, 2.24) is 0 Å². The van der Waals surface area contributed by atoms with Crippen LogP contribution in [0.25, 0.3) is 0 Å². The van der Waals surface area contributed by atoms with Crippen molar-refractivity contribution in [1.29, 1.82) is 0 Å². The fraction of sp³-hybridized carbons (Fsp3) is 0.385. The normalized spacial score (nSPS) is 12.3. The number of carbonyl (C=O) groups is 1. The van der Waals surface area contributed by atoms with E-state index in [0.717, 1.165) is 3.57 Å². The number of hydrogen-bond acceptors (Lipinski definition) is 3. The summed E-state index contributed by atoms with van der Waals surface area (Å²) in [5.74, 6) is -0.373. The van der Waals surface area contributed by atoms with Gasteiger partial charge in [-0.3, -0.25) is 4.79 Å². The van der Waals surface area contributed by atoms with Crippen LogP contribution in [0.3, 0.4) is 0 Å². The molecule has 0 heterocycles. The van der Waals surface area contributed by atoms with Gasteiger partial charge in [0.2, 0.25) is 5.91 Å². The average molecular weight is 410 g/mol. The first-order valence-corrected chi connectivity index (χ1v) is 7.61. The predicted octanol–water partition coefficient (Wildman–Crippen LogP) is 3.44. The SMILES string of the molecule is CCC(CC)(C(=O)Nc1ccc(Cl)cc1I)/C(N)=N/O. The molecule has 0 atom stereocenters. The van der Waals surface area contributed by atoms with Crippen LogP contribution in [0.2, 0.25) is 5.02 Å². The van der Waals surface area contributed by atoms with E-state index < -0.39 is 5.41 Å². The number of carbonyl (C=O) groups excluding carboxylic acids is 1. The number of oxime groups is 1. The number of nitrogens with one attached hydrogen (secondary N) is 1. The predicted molar refractivity (Wildman–Crippen MR) is 89.2 cm³/mol. The Hall–Kier alpha value is -1.02. The molecule has 0 radical (unpaired) electrons. The molecular formula is C13H17ClIN3O2. The number of hydrogen-bond donors (Lipinski definition) is 3. The topological polar surface area (TPSA) is 87.7 Å². The van der Waals surface area contributed by atoms with Crippen molar-refractivity contribution in [3.05, 3.63) is 26.8 Å². The minimum absolute atomic E-state index is 0.0797. The summed E-state index contributed by atoms with van der Waals surface area (Å²) in [4.78, 5) is 12.5. The Balaban J connectivity index is 3.09. The van der Waals surface area contributed by atoms with E-state index in [-0.39, 0.29) is 11.7 Å². The molecule has 20 heavy (non-hydrogen) atoms. The zero-order valence-electron chi connectivity index (χ0n) is 11.3. The minimum atomic E-state index is -1.02. The Kier molecular flexibility index (Phi) is 6.07.